The molecule has 416 valence electrons. The number of hydrogen-bond acceptors (Lipinski definition) is 16. The molecule has 1 N–H and O–H groups in total. The molecule has 21 heteroatoms. The molecule has 18 nitrogen and oxygen atoms in total. The fourth-order valence-corrected chi connectivity index (χ4v) is 11.3. The zero-order valence-corrected chi connectivity index (χ0v) is 46.8. The number of halogens is 3. The number of piperazine rings is 2. The summed E-state index contributed by atoms with van der Waals surface area (Å²) in [5.41, 5.74) is 6.91. The molecule has 8 aromatic rings. The van der Waals surface area contributed by atoms with Crippen LogP contribution in [0.4, 0.5) is 32.1 Å². The van der Waals surface area contributed by atoms with Crippen LogP contribution in [0.5, 0.6) is 0 Å². The second-order valence-electron chi connectivity index (χ2n) is 19.8. The van der Waals surface area contributed by atoms with Gasteiger partial charge in [0.05, 0.1) is 41.2 Å². The minimum Gasteiger partial charge on any atom is -0.355 e. The summed E-state index contributed by atoms with van der Waals surface area (Å²) in [5, 5.41) is 14.1. The maximum atomic E-state index is 14.0. The lowest BCUT2D eigenvalue weighted by Crippen LogP contribution is -2.49. The zero-order chi connectivity index (χ0) is 54.7. The SMILES string of the molecule is COC(CBr)OC.COC(CN1CCN(c2cccc(-c3cnc4ccc(N5CCCC5c5cccc(F)c5)nn34)n2)CC1)OC.Fc1cccc(C2CCCN2c2ccc3ncc(-c4cccc(N5CCNCC5)n4)n3n2)c1. The first-order valence-corrected chi connectivity index (χ1v) is 28.1. The number of hydrogen-bond donors (Lipinski definition) is 1. The standard InChI is InChI=1S/C29H34FN7O2.C25H26FN7.C4H9BrO2/c1-38-29(39-2)20-34-14-16-35(17-15-34)27-10-4-8-23(32-27)25-19-31-26-11-12-28(33-37(25)26)36-13-5-9-24(36)21-6-3-7-22(30)18-21;26-19-5-1-4-18(16-19)21-7-3-13-32(21)25-10-9-23-28-17-22(33(23)30-25)20-6-2-8-24(29-20)31-14-11-27-12-15-31;1-6-4(3-5)7-2/h3-4,6-8,10-12,18-19,24,29H,5,9,13-17,20H2,1-2H3;1-2,4-6,8-10,16-17,21,27H,3,7,11-15H2;4H,3H2,1-2H3. The van der Waals surface area contributed by atoms with E-state index in [0.717, 1.165) is 171 Å². The third kappa shape index (κ3) is 13.2. The lowest BCUT2D eigenvalue weighted by atomic mass is 10.0. The molecule has 0 amide bonds. The summed E-state index contributed by atoms with van der Waals surface area (Å²) in [6, 6.07) is 34.2. The molecule has 0 bridgehead atoms. The molecule has 4 aliphatic rings. The van der Waals surface area contributed by atoms with Gasteiger partial charge in [-0.1, -0.05) is 52.3 Å². The molecule has 0 radical (unpaired) electrons. The Morgan fingerprint density at radius 2 is 1.01 bits per heavy atom. The molecule has 4 saturated heterocycles. The van der Waals surface area contributed by atoms with Crippen LogP contribution < -0.4 is 24.9 Å². The predicted octanol–water partition coefficient (Wildman–Crippen LogP) is 8.69. The number of rotatable bonds is 15. The molecule has 10 heterocycles. The largest absolute Gasteiger partial charge is 0.355 e. The van der Waals surface area contributed by atoms with Crippen molar-refractivity contribution in [1.82, 2.24) is 49.4 Å². The van der Waals surface area contributed by atoms with E-state index >= 15 is 0 Å². The predicted molar refractivity (Wildman–Crippen MR) is 307 cm³/mol. The number of anilines is 4. The normalized spacial score (nSPS) is 17.9. The van der Waals surface area contributed by atoms with Gasteiger partial charge in [-0.2, -0.15) is 0 Å². The third-order valence-corrected chi connectivity index (χ3v) is 15.5. The van der Waals surface area contributed by atoms with Crippen molar-refractivity contribution in [2.45, 2.75) is 50.3 Å². The summed E-state index contributed by atoms with van der Waals surface area (Å²) in [6.45, 7) is 9.93. The van der Waals surface area contributed by atoms with Gasteiger partial charge in [0.15, 0.2) is 23.9 Å². The number of fused-ring (bicyclic) bond motifs is 2. The van der Waals surface area contributed by atoms with Crippen LogP contribution in [0.15, 0.2) is 122 Å². The van der Waals surface area contributed by atoms with Crippen molar-refractivity contribution in [3.63, 3.8) is 0 Å². The average Bonchev–Trinajstić information content (AvgIpc) is 4.48. The Kier molecular flexibility index (Phi) is 18.6. The molecule has 4 aliphatic heterocycles. The van der Waals surface area contributed by atoms with E-state index < -0.39 is 0 Å². The highest BCUT2D eigenvalue weighted by Gasteiger charge is 2.30. The first-order valence-electron chi connectivity index (χ1n) is 27.0. The van der Waals surface area contributed by atoms with Crippen LogP contribution >= 0.6 is 15.9 Å². The van der Waals surface area contributed by atoms with Gasteiger partial charge < -0.3 is 43.9 Å². The fraction of sp³-hybridized carbons (Fsp3) is 0.414. The summed E-state index contributed by atoms with van der Waals surface area (Å²) in [6.07, 6.45) is 7.39. The van der Waals surface area contributed by atoms with Gasteiger partial charge in [0.1, 0.15) is 46.3 Å². The van der Waals surface area contributed by atoms with E-state index in [1.54, 1.807) is 52.7 Å². The van der Waals surface area contributed by atoms with Crippen molar-refractivity contribution in [3.05, 3.63) is 144 Å². The van der Waals surface area contributed by atoms with Crippen LogP contribution in [0.25, 0.3) is 34.1 Å². The highest BCUT2D eigenvalue weighted by molar-refractivity contribution is 9.09. The topological polar surface area (TPSA) is 151 Å². The molecule has 0 saturated carbocycles. The van der Waals surface area contributed by atoms with Gasteiger partial charge in [0.25, 0.3) is 0 Å². The molecule has 2 unspecified atom stereocenters. The van der Waals surface area contributed by atoms with Crippen molar-refractivity contribution in [2.24, 2.45) is 0 Å². The quantitative estimate of drug-likeness (QED) is 0.0769. The van der Waals surface area contributed by atoms with E-state index in [0.29, 0.717) is 0 Å². The Labute approximate surface area is 468 Å². The molecule has 2 aromatic carbocycles. The van der Waals surface area contributed by atoms with Gasteiger partial charge in [-0.25, -0.2) is 37.7 Å². The molecular formula is C58H69BrF2N14O4. The van der Waals surface area contributed by atoms with Crippen LogP contribution in [0.1, 0.15) is 48.9 Å². The first kappa shape index (κ1) is 55.6. The van der Waals surface area contributed by atoms with Crippen LogP contribution in [-0.4, -0.2) is 162 Å². The number of imidazole rings is 2. The van der Waals surface area contributed by atoms with Crippen LogP contribution in [0.3, 0.4) is 0 Å². The maximum Gasteiger partial charge on any atom is 0.169 e. The summed E-state index contributed by atoms with van der Waals surface area (Å²) < 4.78 is 51.8. The van der Waals surface area contributed by atoms with E-state index in [1.807, 2.05) is 82.1 Å². The van der Waals surface area contributed by atoms with Gasteiger partial charge in [-0.3, -0.25) is 4.90 Å². The average molecular weight is 1140 g/mol. The Morgan fingerprint density at radius 1 is 0.544 bits per heavy atom. The molecule has 12 rings (SSSR count). The zero-order valence-electron chi connectivity index (χ0n) is 45.3. The molecule has 79 heavy (non-hydrogen) atoms. The van der Waals surface area contributed by atoms with Crippen molar-refractivity contribution in [1.29, 1.82) is 0 Å². The summed E-state index contributed by atoms with van der Waals surface area (Å²) in [4.78, 5) is 30.6. The Hall–Kier alpha value is -6.72. The fourth-order valence-electron chi connectivity index (χ4n) is 10.8. The summed E-state index contributed by atoms with van der Waals surface area (Å²) in [5.74, 6) is 3.24. The van der Waals surface area contributed by atoms with Crippen molar-refractivity contribution < 1.29 is 27.7 Å². The monoisotopic (exact) mass is 1140 g/mol. The van der Waals surface area contributed by atoms with E-state index in [-0.39, 0.29) is 36.3 Å². The maximum absolute atomic E-state index is 14.0. The second-order valence-corrected chi connectivity index (χ2v) is 20.4. The smallest absolute Gasteiger partial charge is 0.169 e. The second kappa shape index (κ2) is 26.5. The van der Waals surface area contributed by atoms with Gasteiger partial charge in [0.2, 0.25) is 0 Å². The number of methoxy groups -OCH3 is 4. The van der Waals surface area contributed by atoms with Crippen LogP contribution in [-0.2, 0) is 18.9 Å². The third-order valence-electron chi connectivity index (χ3n) is 15.0. The number of benzene rings is 2. The minimum atomic E-state index is -0.213. The molecule has 2 atom stereocenters. The molecule has 0 spiro atoms. The van der Waals surface area contributed by atoms with E-state index in [9.17, 15) is 8.78 Å². The Bertz CT molecular complexity index is 3230. The van der Waals surface area contributed by atoms with Gasteiger partial charge in [-0.15, -0.1) is 10.2 Å². The number of aromatic nitrogens is 8. The highest BCUT2D eigenvalue weighted by Crippen LogP contribution is 2.38. The first-order chi connectivity index (χ1) is 38.7. The molecular weight excluding hydrogens is 1070 g/mol. The van der Waals surface area contributed by atoms with Gasteiger partial charge >= 0.3 is 0 Å². The van der Waals surface area contributed by atoms with Crippen molar-refractivity contribution in [3.8, 4) is 22.8 Å². The van der Waals surface area contributed by atoms with Crippen LogP contribution in [0.2, 0.25) is 0 Å². The number of ether oxygens (including phenoxy) is 4. The Balaban J connectivity index is 0.000000161. The number of pyridine rings is 2. The molecule has 6 aromatic heterocycles. The van der Waals surface area contributed by atoms with Crippen LogP contribution in [0, 0.1) is 11.6 Å². The molecule has 0 aliphatic carbocycles. The minimum absolute atomic E-state index is 0.0972. The highest BCUT2D eigenvalue weighted by atomic mass is 79.9. The number of nitrogens with zero attached hydrogens (tertiary/aromatic N) is 13. The number of alkyl halides is 1. The van der Waals surface area contributed by atoms with Crippen molar-refractivity contribution >= 4 is 50.5 Å². The Morgan fingerprint density at radius 3 is 1.46 bits per heavy atom. The summed E-state index contributed by atoms with van der Waals surface area (Å²) >= 11 is 3.19. The van der Waals surface area contributed by atoms with E-state index in [1.165, 1.54) is 12.1 Å². The lowest BCUT2D eigenvalue weighted by molar-refractivity contribution is -0.116. The number of nitrogens with one attached hydrogen (secondary N) is 1. The van der Waals surface area contributed by atoms with E-state index in [4.69, 9.17) is 39.1 Å². The van der Waals surface area contributed by atoms with Gasteiger partial charge in [-0.05, 0) is 110 Å². The van der Waals surface area contributed by atoms with Gasteiger partial charge in [0, 0.05) is 100 Å². The van der Waals surface area contributed by atoms with E-state index in [2.05, 4.69) is 67.8 Å². The molecule has 4 fully saturated rings. The summed E-state index contributed by atoms with van der Waals surface area (Å²) in [7, 11) is 6.56. The van der Waals surface area contributed by atoms with Crippen molar-refractivity contribution in [2.75, 3.05) is 125 Å². The lowest BCUT2D eigenvalue weighted by Gasteiger charge is -2.36.